The van der Waals surface area contributed by atoms with Gasteiger partial charge in [-0.3, -0.25) is 4.84 Å². The van der Waals surface area contributed by atoms with Crippen LogP contribution in [0, 0.1) is 5.92 Å². The maximum atomic E-state index is 12.5. The highest BCUT2D eigenvalue weighted by Gasteiger charge is 2.45. The van der Waals surface area contributed by atoms with E-state index in [4.69, 9.17) is 16.1 Å². The van der Waals surface area contributed by atoms with Crippen LogP contribution in [0.4, 0.5) is 5.69 Å². The molecule has 0 spiro atoms. The second kappa shape index (κ2) is 8.15. The van der Waals surface area contributed by atoms with E-state index in [2.05, 4.69) is 4.52 Å². The lowest BCUT2D eigenvalue weighted by molar-refractivity contribution is -0.144. The smallest absolute Gasteiger partial charge is 0.378 e. The fraction of sp³-hybridized carbons (Fsp3) is 0.533. The van der Waals surface area contributed by atoms with Crippen LogP contribution >= 0.6 is 18.2 Å². The molecule has 0 radical (unpaired) electrons. The van der Waals surface area contributed by atoms with Crippen molar-refractivity contribution >= 4 is 29.8 Å². The average molecular weight is 364 g/mol. The van der Waals surface area contributed by atoms with Crippen LogP contribution in [-0.2, 0) is 18.7 Å². The number of hydrogen-bond acceptors (Lipinski definition) is 5. The van der Waals surface area contributed by atoms with Crippen molar-refractivity contribution in [1.82, 2.24) is 0 Å². The molecule has 23 heavy (non-hydrogen) atoms. The zero-order chi connectivity index (χ0) is 17.7. The van der Waals surface area contributed by atoms with Gasteiger partial charge >= 0.3 is 12.9 Å². The van der Waals surface area contributed by atoms with Gasteiger partial charge in [0.1, 0.15) is 0 Å². The molecule has 8 heteroatoms. The first-order valence-corrected chi connectivity index (χ1v) is 9.83. The Labute approximate surface area is 141 Å². The number of halogens is 1. The third kappa shape index (κ3) is 5.81. The summed E-state index contributed by atoms with van der Waals surface area (Å²) in [7, 11) is 0. The van der Waals surface area contributed by atoms with E-state index in [0.29, 0.717) is 18.7 Å². The second-order valence-corrected chi connectivity index (χ2v) is 8.12. The number of hydrogen-bond donors (Lipinski definition) is 1. The summed E-state index contributed by atoms with van der Waals surface area (Å²) in [6, 6.07) is 9.01. The molecule has 6 nitrogen and oxygen atoms in total. The summed E-state index contributed by atoms with van der Waals surface area (Å²) in [5.41, 5.74) is -0.671. The number of para-hydroxylation sites is 1. The van der Waals surface area contributed by atoms with Crippen molar-refractivity contribution in [3.05, 3.63) is 30.3 Å². The van der Waals surface area contributed by atoms with E-state index in [1.807, 2.05) is 19.9 Å². The van der Waals surface area contributed by atoms with Crippen molar-refractivity contribution < 1.29 is 23.6 Å². The Balaban J connectivity index is 3.29. The Morgan fingerprint density at radius 2 is 1.96 bits per heavy atom. The van der Waals surface area contributed by atoms with Crippen LogP contribution < -0.4 is 5.06 Å². The highest BCUT2D eigenvalue weighted by molar-refractivity contribution is 7.80. The van der Waals surface area contributed by atoms with Crippen LogP contribution in [-0.4, -0.2) is 23.0 Å². The molecule has 0 saturated heterocycles. The van der Waals surface area contributed by atoms with Gasteiger partial charge in [0, 0.05) is 11.2 Å². The van der Waals surface area contributed by atoms with E-state index in [9.17, 15) is 14.3 Å². The first kappa shape index (κ1) is 20.0. The maximum Gasteiger partial charge on any atom is 0.476 e. The number of rotatable bonds is 8. The first-order chi connectivity index (χ1) is 10.6. The van der Waals surface area contributed by atoms with Crippen LogP contribution in [0.3, 0.4) is 0 Å². The molecule has 1 unspecified atom stereocenters. The van der Waals surface area contributed by atoms with Gasteiger partial charge in [0.25, 0.3) is 0 Å². The zero-order valence-corrected chi connectivity index (χ0v) is 15.4. The van der Waals surface area contributed by atoms with Crippen molar-refractivity contribution in [2.24, 2.45) is 5.92 Å². The number of anilines is 1. The Morgan fingerprint density at radius 3 is 2.39 bits per heavy atom. The van der Waals surface area contributed by atoms with E-state index in [0.717, 1.165) is 0 Å². The molecule has 0 aliphatic heterocycles. The minimum atomic E-state index is -4.47. The van der Waals surface area contributed by atoms with Gasteiger partial charge in [0.2, 0.25) is 0 Å². The molecule has 0 amide bonds. The van der Waals surface area contributed by atoms with Gasteiger partial charge in [0.15, 0.2) is 5.54 Å². The predicted molar refractivity (Wildman–Crippen MR) is 90.2 cm³/mol. The van der Waals surface area contributed by atoms with Crippen molar-refractivity contribution in [1.29, 1.82) is 0 Å². The van der Waals surface area contributed by atoms with Gasteiger partial charge in [0.05, 0.1) is 12.3 Å². The quantitative estimate of drug-likeness (QED) is 0.552. The molecule has 1 rings (SSSR count). The number of benzene rings is 1. The number of carbonyl (C=O) groups is 1. The summed E-state index contributed by atoms with van der Waals surface area (Å²) in [5, 5.41) is 1.42. The SMILES string of the molecule is CCON(c1ccccc1)[C@@](C)(CC(C)C)C(=O)OP(=O)(O)Cl. The molecule has 0 bridgehead atoms. The van der Waals surface area contributed by atoms with Crippen molar-refractivity contribution in [3.63, 3.8) is 0 Å². The molecule has 0 saturated carbocycles. The summed E-state index contributed by atoms with van der Waals surface area (Å²) < 4.78 is 15.9. The predicted octanol–water partition coefficient (Wildman–Crippen LogP) is 4.13. The summed E-state index contributed by atoms with van der Waals surface area (Å²) in [6.07, 6.45) is 0.345. The van der Waals surface area contributed by atoms with E-state index in [-0.39, 0.29) is 5.92 Å². The van der Waals surface area contributed by atoms with Crippen LogP contribution in [0.15, 0.2) is 30.3 Å². The third-order valence-corrected chi connectivity index (χ3v) is 3.74. The lowest BCUT2D eigenvalue weighted by Gasteiger charge is -2.40. The van der Waals surface area contributed by atoms with E-state index >= 15 is 0 Å². The second-order valence-electron chi connectivity index (χ2n) is 5.75. The molecule has 1 aromatic carbocycles. The van der Waals surface area contributed by atoms with Crippen molar-refractivity contribution in [2.75, 3.05) is 11.7 Å². The number of nitrogens with zero attached hydrogens (tertiary/aromatic N) is 1. The zero-order valence-electron chi connectivity index (χ0n) is 13.7. The van der Waals surface area contributed by atoms with E-state index in [1.54, 1.807) is 38.1 Å². The van der Waals surface area contributed by atoms with Gasteiger partial charge in [-0.1, -0.05) is 32.0 Å². The monoisotopic (exact) mass is 363 g/mol. The highest BCUT2D eigenvalue weighted by Crippen LogP contribution is 2.49. The molecule has 0 fully saturated rings. The molecular weight excluding hydrogens is 341 g/mol. The van der Waals surface area contributed by atoms with E-state index in [1.165, 1.54) is 5.06 Å². The summed E-state index contributed by atoms with van der Waals surface area (Å²) in [4.78, 5) is 27.4. The topological polar surface area (TPSA) is 76.1 Å². The van der Waals surface area contributed by atoms with Gasteiger partial charge < -0.3 is 9.42 Å². The maximum absolute atomic E-state index is 12.5. The Bertz CT molecular complexity index is 562. The normalized spacial score (nSPS) is 16.5. The molecule has 0 heterocycles. The van der Waals surface area contributed by atoms with Crippen LogP contribution in [0.2, 0.25) is 0 Å². The van der Waals surface area contributed by atoms with E-state index < -0.39 is 18.5 Å². The summed E-state index contributed by atoms with van der Waals surface area (Å²) in [5.74, 6) is -0.808. The standard InChI is InChI=1S/C15H23ClNO5P/c1-5-21-17(13-9-7-6-8-10-13)15(4,11-12(2)3)14(18)22-23(16,19)20/h6-10,12H,5,11H2,1-4H3,(H,19,20)/t15-/m0/s1. The van der Waals surface area contributed by atoms with Crippen molar-refractivity contribution in [2.45, 2.75) is 39.7 Å². The molecule has 0 aromatic heterocycles. The fourth-order valence-electron chi connectivity index (χ4n) is 2.44. The highest BCUT2D eigenvalue weighted by atomic mass is 35.7. The molecule has 0 aliphatic rings. The van der Waals surface area contributed by atoms with Gasteiger partial charge in [-0.15, -0.1) is 0 Å². The van der Waals surface area contributed by atoms with Crippen molar-refractivity contribution in [3.8, 4) is 0 Å². The van der Waals surface area contributed by atoms with Crippen LogP contribution in [0.1, 0.15) is 34.1 Å². The molecular formula is C15H23ClNO5P. The lowest BCUT2D eigenvalue weighted by atomic mass is 9.90. The fourth-order valence-corrected chi connectivity index (χ4v) is 3.03. The first-order valence-electron chi connectivity index (χ1n) is 7.35. The third-order valence-electron chi connectivity index (χ3n) is 3.14. The molecule has 0 aliphatic carbocycles. The lowest BCUT2D eigenvalue weighted by Crippen LogP contribution is -2.54. The number of carbonyl (C=O) groups excluding carboxylic acids is 1. The van der Waals surface area contributed by atoms with Crippen LogP contribution in [0.25, 0.3) is 0 Å². The summed E-state index contributed by atoms with van der Waals surface area (Å²) >= 11 is 5.21. The molecule has 1 aromatic rings. The molecule has 2 atom stereocenters. The number of hydroxylamine groups is 1. The minimum absolute atomic E-state index is 0.104. The summed E-state index contributed by atoms with van der Waals surface area (Å²) in [6.45, 7) is 3.09. The molecule has 130 valence electrons. The van der Waals surface area contributed by atoms with Gasteiger partial charge in [-0.25, -0.2) is 14.4 Å². The Kier molecular flexibility index (Phi) is 7.08. The molecule has 1 N–H and O–H groups in total. The average Bonchev–Trinajstić information content (AvgIpc) is 2.43. The minimum Gasteiger partial charge on any atom is -0.378 e. The van der Waals surface area contributed by atoms with Crippen LogP contribution in [0.5, 0.6) is 0 Å². The Hall–Kier alpha value is -1.07. The Morgan fingerprint density at radius 1 is 1.39 bits per heavy atom. The van der Waals surface area contributed by atoms with Gasteiger partial charge in [-0.2, -0.15) is 0 Å². The van der Waals surface area contributed by atoms with Gasteiger partial charge in [-0.05, 0) is 38.3 Å². The largest absolute Gasteiger partial charge is 0.476 e.